The average molecular weight is 205 g/mol. The molecule has 1 aromatic carbocycles. The van der Waals surface area contributed by atoms with Crippen molar-refractivity contribution in [1.82, 2.24) is 5.06 Å². The molecule has 0 aliphatic rings. The average Bonchev–Trinajstić information content (AvgIpc) is 2.25. The van der Waals surface area contributed by atoms with Gasteiger partial charge in [-0.05, 0) is 25.8 Å². The standard InChI is InChI=1S/C13H19NO/c1-12(2)14(15)11-7-6-10-13-8-4-3-5-9-13/h3-6,8-10,12,15H,7,11H2,1-2H3. The van der Waals surface area contributed by atoms with Crippen LogP contribution in [0, 0.1) is 0 Å². The molecule has 82 valence electrons. The predicted octanol–water partition coefficient (Wildman–Crippen LogP) is 3.19. The molecule has 1 rings (SSSR count). The Morgan fingerprint density at radius 2 is 1.93 bits per heavy atom. The van der Waals surface area contributed by atoms with Gasteiger partial charge in [0.15, 0.2) is 0 Å². The van der Waals surface area contributed by atoms with Crippen LogP contribution in [-0.4, -0.2) is 22.9 Å². The van der Waals surface area contributed by atoms with E-state index in [-0.39, 0.29) is 6.04 Å². The monoisotopic (exact) mass is 205 g/mol. The molecule has 0 saturated heterocycles. The molecule has 0 unspecified atom stereocenters. The van der Waals surface area contributed by atoms with Gasteiger partial charge in [-0.1, -0.05) is 42.5 Å². The third-order valence-electron chi connectivity index (χ3n) is 2.23. The Bertz CT molecular complexity index is 293. The van der Waals surface area contributed by atoms with E-state index in [4.69, 9.17) is 0 Å². The maximum Gasteiger partial charge on any atom is 0.0293 e. The molecule has 1 aromatic rings. The molecule has 0 radical (unpaired) electrons. The Kier molecular flexibility index (Phi) is 5.08. The molecule has 0 aromatic heterocycles. The SMILES string of the molecule is CC(C)N(O)CCC=Cc1ccccc1. The van der Waals surface area contributed by atoms with Gasteiger partial charge in [-0.15, -0.1) is 0 Å². The summed E-state index contributed by atoms with van der Waals surface area (Å²) in [6, 6.07) is 10.4. The Hall–Kier alpha value is -1.12. The first-order chi connectivity index (χ1) is 7.20. The molecule has 0 bridgehead atoms. The van der Waals surface area contributed by atoms with Crippen LogP contribution in [0.3, 0.4) is 0 Å². The van der Waals surface area contributed by atoms with Crippen molar-refractivity contribution in [3.05, 3.63) is 42.0 Å². The highest BCUT2D eigenvalue weighted by Gasteiger charge is 2.02. The highest BCUT2D eigenvalue weighted by atomic mass is 16.5. The van der Waals surface area contributed by atoms with Gasteiger partial charge < -0.3 is 5.21 Å². The van der Waals surface area contributed by atoms with Crippen molar-refractivity contribution >= 4 is 6.08 Å². The molecule has 2 nitrogen and oxygen atoms in total. The number of nitrogens with zero attached hydrogens (tertiary/aromatic N) is 1. The molecule has 1 N–H and O–H groups in total. The summed E-state index contributed by atoms with van der Waals surface area (Å²) < 4.78 is 0. The second kappa shape index (κ2) is 6.38. The van der Waals surface area contributed by atoms with E-state index in [2.05, 4.69) is 24.3 Å². The fraction of sp³-hybridized carbons (Fsp3) is 0.385. The summed E-state index contributed by atoms with van der Waals surface area (Å²) >= 11 is 0. The van der Waals surface area contributed by atoms with E-state index in [0.29, 0.717) is 6.54 Å². The summed E-state index contributed by atoms with van der Waals surface area (Å²) in [5.41, 5.74) is 1.20. The van der Waals surface area contributed by atoms with Crippen molar-refractivity contribution in [2.45, 2.75) is 26.3 Å². The molecule has 0 atom stereocenters. The molecular weight excluding hydrogens is 186 g/mol. The van der Waals surface area contributed by atoms with E-state index in [1.807, 2.05) is 32.0 Å². The zero-order chi connectivity index (χ0) is 11.1. The Morgan fingerprint density at radius 1 is 1.27 bits per heavy atom. The third-order valence-corrected chi connectivity index (χ3v) is 2.23. The number of benzene rings is 1. The Balaban J connectivity index is 2.29. The lowest BCUT2D eigenvalue weighted by Gasteiger charge is -2.17. The second-order valence-electron chi connectivity index (χ2n) is 3.86. The summed E-state index contributed by atoms with van der Waals surface area (Å²) in [6.45, 7) is 4.63. The number of rotatable bonds is 5. The first kappa shape index (κ1) is 12.0. The van der Waals surface area contributed by atoms with Gasteiger partial charge in [-0.3, -0.25) is 0 Å². The van der Waals surface area contributed by atoms with E-state index in [1.54, 1.807) is 0 Å². The van der Waals surface area contributed by atoms with Gasteiger partial charge in [0.2, 0.25) is 0 Å². The molecule has 0 spiro atoms. The molecular formula is C13H19NO. The minimum atomic E-state index is 0.190. The quantitative estimate of drug-likeness (QED) is 0.746. The Morgan fingerprint density at radius 3 is 2.53 bits per heavy atom. The molecule has 0 saturated carbocycles. The van der Waals surface area contributed by atoms with Crippen molar-refractivity contribution in [3.63, 3.8) is 0 Å². The van der Waals surface area contributed by atoms with Crippen LogP contribution in [0.4, 0.5) is 0 Å². The fourth-order valence-electron chi connectivity index (χ4n) is 1.25. The molecule has 15 heavy (non-hydrogen) atoms. The van der Waals surface area contributed by atoms with Crippen LogP contribution in [0.1, 0.15) is 25.8 Å². The maximum absolute atomic E-state index is 9.42. The molecule has 0 fully saturated rings. The lowest BCUT2D eigenvalue weighted by molar-refractivity contribution is -0.115. The van der Waals surface area contributed by atoms with Crippen LogP contribution in [0.25, 0.3) is 6.08 Å². The second-order valence-corrected chi connectivity index (χ2v) is 3.86. The summed E-state index contributed by atoms with van der Waals surface area (Å²) in [5, 5.41) is 10.8. The van der Waals surface area contributed by atoms with Crippen molar-refractivity contribution in [2.24, 2.45) is 0 Å². The Labute approximate surface area is 91.8 Å². The van der Waals surface area contributed by atoms with Crippen molar-refractivity contribution in [1.29, 1.82) is 0 Å². The summed E-state index contributed by atoms with van der Waals surface area (Å²) in [4.78, 5) is 0. The lowest BCUT2D eigenvalue weighted by Crippen LogP contribution is -2.27. The van der Waals surface area contributed by atoms with Gasteiger partial charge in [-0.2, -0.15) is 5.06 Å². The van der Waals surface area contributed by atoms with Gasteiger partial charge in [0.1, 0.15) is 0 Å². The molecule has 0 amide bonds. The van der Waals surface area contributed by atoms with Crippen LogP contribution in [0.2, 0.25) is 0 Å². The summed E-state index contributed by atoms with van der Waals surface area (Å²) in [7, 11) is 0. The number of hydrogen-bond acceptors (Lipinski definition) is 2. The molecule has 0 aliphatic carbocycles. The zero-order valence-corrected chi connectivity index (χ0v) is 9.43. The zero-order valence-electron chi connectivity index (χ0n) is 9.43. The fourth-order valence-corrected chi connectivity index (χ4v) is 1.25. The molecule has 0 heterocycles. The largest absolute Gasteiger partial charge is 0.314 e. The highest BCUT2D eigenvalue weighted by molar-refractivity contribution is 5.48. The molecule has 2 heteroatoms. The van der Waals surface area contributed by atoms with Gasteiger partial charge in [0, 0.05) is 12.6 Å². The minimum Gasteiger partial charge on any atom is -0.314 e. The van der Waals surface area contributed by atoms with E-state index >= 15 is 0 Å². The topological polar surface area (TPSA) is 23.5 Å². The first-order valence-corrected chi connectivity index (χ1v) is 5.37. The van der Waals surface area contributed by atoms with Crippen LogP contribution in [0.5, 0.6) is 0 Å². The van der Waals surface area contributed by atoms with Crippen molar-refractivity contribution in [3.8, 4) is 0 Å². The molecule has 0 aliphatic heterocycles. The van der Waals surface area contributed by atoms with E-state index in [0.717, 1.165) is 6.42 Å². The van der Waals surface area contributed by atoms with Crippen LogP contribution in [-0.2, 0) is 0 Å². The van der Waals surface area contributed by atoms with Crippen LogP contribution in [0.15, 0.2) is 36.4 Å². The van der Waals surface area contributed by atoms with Crippen LogP contribution >= 0.6 is 0 Å². The van der Waals surface area contributed by atoms with E-state index < -0.39 is 0 Å². The smallest absolute Gasteiger partial charge is 0.0293 e. The predicted molar refractivity (Wildman–Crippen MR) is 63.7 cm³/mol. The third kappa shape index (κ3) is 4.77. The maximum atomic E-state index is 9.42. The van der Waals surface area contributed by atoms with E-state index in [9.17, 15) is 5.21 Å². The minimum absolute atomic E-state index is 0.190. The summed E-state index contributed by atoms with van der Waals surface area (Å²) in [6.07, 6.45) is 5.03. The van der Waals surface area contributed by atoms with Gasteiger partial charge in [0.25, 0.3) is 0 Å². The highest BCUT2D eigenvalue weighted by Crippen LogP contribution is 2.02. The lowest BCUT2D eigenvalue weighted by atomic mass is 10.2. The first-order valence-electron chi connectivity index (χ1n) is 5.37. The van der Waals surface area contributed by atoms with Gasteiger partial charge in [0.05, 0.1) is 0 Å². The normalized spacial score (nSPS) is 11.8. The van der Waals surface area contributed by atoms with Gasteiger partial charge >= 0.3 is 0 Å². The van der Waals surface area contributed by atoms with Crippen molar-refractivity contribution in [2.75, 3.05) is 6.54 Å². The van der Waals surface area contributed by atoms with Crippen LogP contribution < -0.4 is 0 Å². The van der Waals surface area contributed by atoms with E-state index in [1.165, 1.54) is 10.6 Å². The van der Waals surface area contributed by atoms with Crippen molar-refractivity contribution < 1.29 is 5.21 Å². The summed E-state index contributed by atoms with van der Waals surface area (Å²) in [5.74, 6) is 0. The van der Waals surface area contributed by atoms with Gasteiger partial charge in [-0.25, -0.2) is 0 Å². The number of hydrogen-bond donors (Lipinski definition) is 1. The number of hydroxylamine groups is 2.